The maximum Gasteiger partial charge on any atom is 0.324 e. The highest BCUT2D eigenvalue weighted by Gasteiger charge is 2.26. The van der Waals surface area contributed by atoms with Crippen molar-refractivity contribution in [3.05, 3.63) is 54.1 Å². The molecule has 0 fully saturated rings. The van der Waals surface area contributed by atoms with Gasteiger partial charge in [-0.05, 0) is 69.3 Å². The number of hydrogen-bond donors (Lipinski definition) is 2. The molecule has 2 aromatic rings. The molecule has 0 aliphatic carbocycles. The molecule has 9 nitrogen and oxygen atoms in total. The summed E-state index contributed by atoms with van der Waals surface area (Å²) in [5, 5.41) is 2.56. The normalized spacial score (nSPS) is 13.0. The van der Waals surface area contributed by atoms with E-state index in [9.17, 15) is 22.8 Å². The number of nitrogens with one attached hydrogen (secondary N) is 2. The van der Waals surface area contributed by atoms with Crippen molar-refractivity contribution in [3.63, 3.8) is 0 Å². The van der Waals surface area contributed by atoms with E-state index in [0.29, 0.717) is 17.0 Å². The number of Topliss-reactive ketones (excluding diaryl/α,β-unsaturated/α-hetero) is 1. The summed E-state index contributed by atoms with van der Waals surface area (Å²) in [6, 6.07) is 10.6. The SMILES string of the molecule is COc1ccc(S(=O)(=O)NC(C)C(=O)OC(C)C(=O)Nc2ccc(C(C)=O)cc2)cc1. The van der Waals surface area contributed by atoms with Crippen molar-refractivity contribution < 1.29 is 32.3 Å². The van der Waals surface area contributed by atoms with Crippen LogP contribution in [0.2, 0.25) is 0 Å². The molecule has 0 saturated heterocycles. The van der Waals surface area contributed by atoms with Crippen LogP contribution in [0.3, 0.4) is 0 Å². The Hall–Kier alpha value is -3.24. The monoisotopic (exact) mass is 448 g/mol. The summed E-state index contributed by atoms with van der Waals surface area (Å²) in [6.07, 6.45) is -1.17. The standard InChI is InChI=1S/C21H24N2O7S/c1-13(23-31(27,28)19-11-9-18(29-4)10-12-19)21(26)30-15(3)20(25)22-17-7-5-16(6-8-17)14(2)24/h5-13,15,23H,1-4H3,(H,22,25). The van der Waals surface area contributed by atoms with Crippen molar-refractivity contribution in [2.24, 2.45) is 0 Å². The lowest BCUT2D eigenvalue weighted by molar-refractivity contribution is -0.154. The van der Waals surface area contributed by atoms with Crippen LogP contribution in [0.15, 0.2) is 53.4 Å². The van der Waals surface area contributed by atoms with Gasteiger partial charge in [0.1, 0.15) is 11.8 Å². The van der Waals surface area contributed by atoms with Crippen molar-refractivity contribution in [1.82, 2.24) is 4.72 Å². The summed E-state index contributed by atoms with van der Waals surface area (Å²) in [5.74, 6) is -1.13. The molecular weight excluding hydrogens is 424 g/mol. The number of rotatable bonds is 9. The number of benzene rings is 2. The summed E-state index contributed by atoms with van der Waals surface area (Å²) in [6.45, 7) is 4.11. The van der Waals surface area contributed by atoms with Crippen LogP contribution in [0.5, 0.6) is 5.75 Å². The van der Waals surface area contributed by atoms with E-state index in [1.54, 1.807) is 24.3 Å². The Balaban J connectivity index is 1.94. The number of methoxy groups -OCH3 is 1. The number of sulfonamides is 1. The van der Waals surface area contributed by atoms with Crippen LogP contribution in [0.25, 0.3) is 0 Å². The van der Waals surface area contributed by atoms with Crippen LogP contribution >= 0.6 is 0 Å². The molecule has 0 spiro atoms. The Morgan fingerprint density at radius 2 is 1.52 bits per heavy atom. The number of esters is 1. The highest BCUT2D eigenvalue weighted by molar-refractivity contribution is 7.89. The van der Waals surface area contributed by atoms with E-state index in [4.69, 9.17) is 9.47 Å². The van der Waals surface area contributed by atoms with E-state index in [2.05, 4.69) is 10.0 Å². The van der Waals surface area contributed by atoms with E-state index < -0.39 is 34.0 Å². The minimum absolute atomic E-state index is 0.0484. The fraction of sp³-hybridized carbons (Fsp3) is 0.286. The Morgan fingerprint density at radius 1 is 0.935 bits per heavy atom. The van der Waals surface area contributed by atoms with Gasteiger partial charge in [-0.1, -0.05) is 0 Å². The molecule has 10 heteroatoms. The summed E-state index contributed by atoms with van der Waals surface area (Å²) >= 11 is 0. The van der Waals surface area contributed by atoms with Gasteiger partial charge in [0, 0.05) is 11.3 Å². The number of ether oxygens (including phenoxy) is 2. The maximum absolute atomic E-state index is 12.4. The van der Waals surface area contributed by atoms with Gasteiger partial charge in [-0.3, -0.25) is 14.4 Å². The summed E-state index contributed by atoms with van der Waals surface area (Å²) in [4.78, 5) is 35.7. The second kappa shape index (κ2) is 10.2. The molecule has 2 unspecified atom stereocenters. The number of anilines is 1. The van der Waals surface area contributed by atoms with Crippen molar-refractivity contribution in [3.8, 4) is 5.75 Å². The number of carbonyl (C=O) groups excluding carboxylic acids is 3. The summed E-state index contributed by atoms with van der Waals surface area (Å²) in [5.41, 5.74) is 0.918. The van der Waals surface area contributed by atoms with Crippen LogP contribution in [0, 0.1) is 0 Å². The average molecular weight is 448 g/mol. The Labute approximate surface area is 180 Å². The van der Waals surface area contributed by atoms with Crippen molar-refractivity contribution >= 4 is 33.4 Å². The fourth-order valence-electron chi connectivity index (χ4n) is 2.47. The molecular formula is C21H24N2O7S. The van der Waals surface area contributed by atoms with Gasteiger partial charge in [-0.15, -0.1) is 0 Å². The van der Waals surface area contributed by atoms with Crippen molar-refractivity contribution in [2.45, 2.75) is 37.8 Å². The predicted molar refractivity (Wildman–Crippen MR) is 113 cm³/mol. The van der Waals surface area contributed by atoms with Gasteiger partial charge >= 0.3 is 5.97 Å². The van der Waals surface area contributed by atoms with Gasteiger partial charge in [0.15, 0.2) is 11.9 Å². The lowest BCUT2D eigenvalue weighted by atomic mass is 10.1. The molecule has 166 valence electrons. The molecule has 0 aliphatic rings. The van der Waals surface area contributed by atoms with Gasteiger partial charge in [0.25, 0.3) is 5.91 Å². The molecule has 31 heavy (non-hydrogen) atoms. The Morgan fingerprint density at radius 3 is 2.03 bits per heavy atom. The zero-order valence-corrected chi connectivity index (χ0v) is 18.4. The van der Waals surface area contributed by atoms with E-state index in [1.165, 1.54) is 52.1 Å². The van der Waals surface area contributed by atoms with Gasteiger partial charge in [0.2, 0.25) is 10.0 Å². The Bertz CT molecular complexity index is 1050. The third-order valence-corrected chi connectivity index (χ3v) is 5.83. The van der Waals surface area contributed by atoms with Crippen LogP contribution in [-0.4, -0.2) is 45.3 Å². The van der Waals surface area contributed by atoms with E-state index in [-0.39, 0.29) is 10.7 Å². The zero-order valence-electron chi connectivity index (χ0n) is 17.5. The van der Waals surface area contributed by atoms with Crippen LogP contribution in [0.4, 0.5) is 5.69 Å². The number of hydrogen-bond acceptors (Lipinski definition) is 7. The first-order valence-corrected chi connectivity index (χ1v) is 10.8. The lowest BCUT2D eigenvalue weighted by Gasteiger charge is -2.18. The van der Waals surface area contributed by atoms with Gasteiger partial charge in [-0.25, -0.2) is 8.42 Å². The smallest absolute Gasteiger partial charge is 0.324 e. The molecule has 2 atom stereocenters. The molecule has 2 rings (SSSR count). The number of carbonyl (C=O) groups is 3. The molecule has 0 saturated carbocycles. The third-order valence-electron chi connectivity index (χ3n) is 4.28. The average Bonchev–Trinajstić information content (AvgIpc) is 2.73. The third kappa shape index (κ3) is 6.63. The van der Waals surface area contributed by atoms with Gasteiger partial charge in [-0.2, -0.15) is 4.72 Å². The molecule has 0 aromatic heterocycles. The highest BCUT2D eigenvalue weighted by atomic mass is 32.2. The van der Waals surface area contributed by atoms with Gasteiger partial charge in [0.05, 0.1) is 12.0 Å². The fourth-order valence-corrected chi connectivity index (χ4v) is 3.66. The molecule has 0 bridgehead atoms. The van der Waals surface area contributed by atoms with Crippen LogP contribution in [0.1, 0.15) is 31.1 Å². The molecule has 1 amide bonds. The zero-order chi connectivity index (χ0) is 23.2. The van der Waals surface area contributed by atoms with E-state index in [1.807, 2.05) is 0 Å². The first-order valence-electron chi connectivity index (χ1n) is 9.32. The lowest BCUT2D eigenvalue weighted by Crippen LogP contribution is -2.42. The highest BCUT2D eigenvalue weighted by Crippen LogP contribution is 2.16. The van der Waals surface area contributed by atoms with E-state index in [0.717, 1.165) is 0 Å². The molecule has 2 aromatic carbocycles. The van der Waals surface area contributed by atoms with E-state index >= 15 is 0 Å². The van der Waals surface area contributed by atoms with Crippen molar-refractivity contribution in [2.75, 3.05) is 12.4 Å². The largest absolute Gasteiger partial charge is 0.497 e. The molecule has 2 N–H and O–H groups in total. The minimum Gasteiger partial charge on any atom is -0.497 e. The Kier molecular flexibility index (Phi) is 7.89. The second-order valence-electron chi connectivity index (χ2n) is 6.72. The topological polar surface area (TPSA) is 128 Å². The maximum atomic E-state index is 12.4. The number of ketones is 1. The van der Waals surface area contributed by atoms with Gasteiger partial charge < -0.3 is 14.8 Å². The first kappa shape index (κ1) is 24.0. The van der Waals surface area contributed by atoms with Crippen molar-refractivity contribution in [1.29, 1.82) is 0 Å². The molecule has 0 heterocycles. The molecule has 0 radical (unpaired) electrons. The summed E-state index contributed by atoms with van der Waals surface area (Å²) < 4.78 is 37.1. The number of amides is 1. The first-order chi connectivity index (χ1) is 14.5. The van der Waals surface area contributed by atoms with Crippen LogP contribution < -0.4 is 14.8 Å². The quantitative estimate of drug-likeness (QED) is 0.444. The van der Waals surface area contributed by atoms with Crippen LogP contribution in [-0.2, 0) is 24.3 Å². The molecule has 0 aliphatic heterocycles. The predicted octanol–water partition coefficient (Wildman–Crippen LogP) is 2.13. The minimum atomic E-state index is -3.98. The second-order valence-corrected chi connectivity index (χ2v) is 8.43. The summed E-state index contributed by atoms with van der Waals surface area (Å²) in [7, 11) is -2.52.